The predicted molar refractivity (Wildman–Crippen MR) is 284 cm³/mol. The fourth-order valence-electron chi connectivity index (χ4n) is 11.5. The zero-order chi connectivity index (χ0) is 45.3. The van der Waals surface area contributed by atoms with Gasteiger partial charge in [0.2, 0.25) is 0 Å². The monoisotopic (exact) mass is 847 g/mol. The van der Waals surface area contributed by atoms with E-state index < -0.39 is 0 Å². The van der Waals surface area contributed by atoms with Gasteiger partial charge in [-0.15, -0.1) is 0 Å². The van der Waals surface area contributed by atoms with Gasteiger partial charge in [0.25, 0.3) is 0 Å². The molecule has 0 spiro atoms. The van der Waals surface area contributed by atoms with Crippen molar-refractivity contribution in [3.05, 3.63) is 233 Å². The summed E-state index contributed by atoms with van der Waals surface area (Å²) in [5, 5.41) is 6.15. The summed E-state index contributed by atoms with van der Waals surface area (Å²) in [6, 6.07) is 67.4. The van der Waals surface area contributed by atoms with Crippen LogP contribution in [0.25, 0.3) is 106 Å². The van der Waals surface area contributed by atoms with E-state index in [1.54, 1.807) is 0 Å². The average Bonchev–Trinajstić information content (AvgIpc) is 3.77. The number of hydrogen-bond donors (Lipinski definition) is 0. The van der Waals surface area contributed by atoms with Gasteiger partial charge in [0.15, 0.2) is 0 Å². The molecule has 1 aromatic heterocycles. The Morgan fingerprint density at radius 3 is 1.50 bits per heavy atom. The predicted octanol–water partition coefficient (Wildman–Crippen LogP) is 16.1. The Morgan fingerprint density at radius 1 is 0.439 bits per heavy atom. The third-order valence-electron chi connectivity index (χ3n) is 14.5. The molecule has 1 heteroatoms. The van der Waals surface area contributed by atoms with Gasteiger partial charge in [-0.2, -0.15) is 0 Å². The van der Waals surface area contributed by atoms with Crippen LogP contribution in [-0.4, -0.2) is 4.57 Å². The van der Waals surface area contributed by atoms with Gasteiger partial charge < -0.3 is 4.57 Å². The van der Waals surface area contributed by atoms with Crippen molar-refractivity contribution in [1.29, 1.82) is 0 Å². The van der Waals surface area contributed by atoms with Crippen LogP contribution in [0.15, 0.2) is 195 Å². The van der Waals surface area contributed by atoms with Crippen molar-refractivity contribution in [2.75, 3.05) is 0 Å². The maximum Gasteiger partial charge on any atom is 0.0544 e. The molecule has 0 aliphatic heterocycles. The van der Waals surface area contributed by atoms with Crippen molar-refractivity contribution in [3.8, 4) is 72.4 Å². The summed E-state index contributed by atoms with van der Waals surface area (Å²) in [5.41, 5.74) is 24.0. The van der Waals surface area contributed by atoms with Crippen molar-refractivity contribution in [2.24, 2.45) is 0 Å². The lowest BCUT2D eigenvalue weighted by atomic mass is 9.80. The molecule has 0 radical (unpaired) electrons. The molecule has 1 aliphatic rings. The maximum atomic E-state index is 4.09. The summed E-state index contributed by atoms with van der Waals surface area (Å²) >= 11 is 0. The molecular weight excluding hydrogens is 795 g/mol. The van der Waals surface area contributed by atoms with E-state index >= 15 is 0 Å². The molecule has 1 heterocycles. The van der Waals surface area contributed by atoms with E-state index in [1.807, 2.05) is 6.08 Å². The number of nitrogens with zero attached hydrogens (tertiary/aromatic N) is 1. The lowest BCUT2D eigenvalue weighted by molar-refractivity contribution is 0.661. The van der Waals surface area contributed by atoms with Crippen molar-refractivity contribution in [2.45, 2.75) is 47.0 Å². The van der Waals surface area contributed by atoms with Gasteiger partial charge in [0.05, 0.1) is 10.9 Å². The summed E-state index contributed by atoms with van der Waals surface area (Å²) in [6.07, 6.45) is 6.28. The molecule has 0 unspecified atom stereocenters. The van der Waals surface area contributed by atoms with Gasteiger partial charge in [-0.3, -0.25) is 0 Å². The molecule has 11 rings (SSSR count). The molecule has 0 bridgehead atoms. The first-order chi connectivity index (χ1) is 32.2. The molecule has 1 aliphatic carbocycles. The summed E-state index contributed by atoms with van der Waals surface area (Å²) in [7, 11) is 0. The third-order valence-corrected chi connectivity index (χ3v) is 14.5. The first-order valence-corrected chi connectivity index (χ1v) is 23.3. The SMILES string of the molecule is C=C/C=c1\c(=C/C)c2cc3c(cc2n1-c1ccccc1)C(C)(C)c1cc(-c2ccc(-c4cccc(-c5c(C)c(-c6ccccc6)c(C)c(-c6ccccc6)c5C)c4)c4ccccc24)ccc1-3. The van der Waals surface area contributed by atoms with Gasteiger partial charge in [-0.25, -0.2) is 0 Å². The molecule has 0 atom stereocenters. The summed E-state index contributed by atoms with van der Waals surface area (Å²) in [5.74, 6) is 0. The van der Waals surface area contributed by atoms with E-state index in [0.29, 0.717) is 0 Å². The van der Waals surface area contributed by atoms with E-state index in [4.69, 9.17) is 0 Å². The number of benzene rings is 9. The first kappa shape index (κ1) is 41.0. The Labute approximate surface area is 389 Å². The Balaban J connectivity index is 1.03. The summed E-state index contributed by atoms with van der Waals surface area (Å²) in [4.78, 5) is 0. The molecule has 66 heavy (non-hydrogen) atoms. The highest BCUT2D eigenvalue weighted by molar-refractivity contribution is 6.06. The second kappa shape index (κ2) is 16.1. The smallest absolute Gasteiger partial charge is 0.0544 e. The van der Waals surface area contributed by atoms with Crippen LogP contribution in [0.2, 0.25) is 0 Å². The van der Waals surface area contributed by atoms with E-state index in [-0.39, 0.29) is 5.41 Å². The molecule has 1 nitrogen and oxygen atoms in total. The van der Waals surface area contributed by atoms with Gasteiger partial charge in [-0.1, -0.05) is 178 Å². The highest BCUT2D eigenvalue weighted by atomic mass is 15.0. The minimum absolute atomic E-state index is 0.206. The molecule has 0 N–H and O–H groups in total. The highest BCUT2D eigenvalue weighted by Crippen LogP contribution is 2.51. The summed E-state index contributed by atoms with van der Waals surface area (Å²) < 4.78 is 2.40. The number of allylic oxidation sites excluding steroid dienone is 1. The normalized spacial score (nSPS) is 13.4. The zero-order valence-electron chi connectivity index (χ0n) is 38.7. The number of hydrogen-bond acceptors (Lipinski definition) is 0. The zero-order valence-corrected chi connectivity index (χ0v) is 38.7. The quantitative estimate of drug-likeness (QED) is 0.151. The van der Waals surface area contributed by atoms with Gasteiger partial charge >= 0.3 is 0 Å². The fourth-order valence-corrected chi connectivity index (χ4v) is 11.5. The molecule has 9 aromatic carbocycles. The first-order valence-electron chi connectivity index (χ1n) is 23.3. The molecule has 0 amide bonds. The topological polar surface area (TPSA) is 4.93 Å². The Morgan fingerprint density at radius 2 is 0.924 bits per heavy atom. The van der Waals surface area contributed by atoms with Crippen LogP contribution in [0.3, 0.4) is 0 Å². The number of rotatable bonds is 7. The summed E-state index contributed by atoms with van der Waals surface area (Å²) in [6.45, 7) is 17.9. The van der Waals surface area contributed by atoms with Crippen molar-refractivity contribution >= 4 is 33.8 Å². The molecule has 0 saturated heterocycles. The van der Waals surface area contributed by atoms with E-state index in [1.165, 1.54) is 121 Å². The van der Waals surface area contributed by atoms with E-state index in [0.717, 1.165) is 11.0 Å². The largest absolute Gasteiger partial charge is 0.309 e. The van der Waals surface area contributed by atoms with Crippen LogP contribution in [0.5, 0.6) is 0 Å². The third kappa shape index (κ3) is 6.37. The van der Waals surface area contributed by atoms with Gasteiger partial charge in [0.1, 0.15) is 0 Å². The maximum absolute atomic E-state index is 4.09. The molecule has 0 saturated carbocycles. The van der Waals surface area contributed by atoms with Gasteiger partial charge in [0, 0.05) is 21.7 Å². The minimum atomic E-state index is -0.206. The van der Waals surface area contributed by atoms with E-state index in [9.17, 15) is 0 Å². The Kier molecular flexibility index (Phi) is 9.97. The lowest BCUT2D eigenvalue weighted by Crippen LogP contribution is -2.27. The number of para-hydroxylation sites is 1. The van der Waals surface area contributed by atoms with Crippen LogP contribution in [0.1, 0.15) is 48.6 Å². The van der Waals surface area contributed by atoms with Crippen LogP contribution < -0.4 is 10.6 Å². The van der Waals surface area contributed by atoms with Crippen LogP contribution in [-0.2, 0) is 5.41 Å². The van der Waals surface area contributed by atoms with Crippen LogP contribution in [0, 0.1) is 20.8 Å². The molecule has 0 fully saturated rings. The van der Waals surface area contributed by atoms with Crippen molar-refractivity contribution in [3.63, 3.8) is 0 Å². The molecule has 318 valence electrons. The minimum Gasteiger partial charge on any atom is -0.309 e. The fraction of sp³-hybridized carbons (Fsp3) is 0.108. The second-order valence-electron chi connectivity index (χ2n) is 18.5. The number of fused-ring (bicyclic) bond motifs is 5. The molecule has 10 aromatic rings. The lowest BCUT2D eigenvalue weighted by Gasteiger charge is -2.24. The van der Waals surface area contributed by atoms with Crippen molar-refractivity contribution < 1.29 is 0 Å². The number of aromatic nitrogens is 1. The molecular formula is C65H53N. The highest BCUT2D eigenvalue weighted by Gasteiger charge is 2.37. The average molecular weight is 848 g/mol. The second-order valence-corrected chi connectivity index (χ2v) is 18.5. The van der Waals surface area contributed by atoms with Crippen LogP contribution in [0.4, 0.5) is 0 Å². The Hall–Kier alpha value is -7.74. The standard InChI is InChI=1S/C65H53N/c1-8-22-60-50(9-2)57-39-56-55-34-33-47(38-58(55)65(6,7)59(56)40-61(57)66(60)49-29-17-12-18-30-49)52-36-35-51(53-31-19-20-32-54(52)53)46-27-21-28-48(37-46)64-42(4)62(44-23-13-10-14-24-44)41(3)63(43(64)5)45-25-15-11-16-26-45/h8-40H,1H2,2-7H3/b50-9-,60-22+. The van der Waals surface area contributed by atoms with Crippen molar-refractivity contribution in [1.82, 2.24) is 4.57 Å². The van der Waals surface area contributed by atoms with E-state index in [2.05, 4.69) is 247 Å². The van der Waals surface area contributed by atoms with Gasteiger partial charge in [-0.05, 0) is 176 Å². The van der Waals surface area contributed by atoms with Crippen LogP contribution >= 0.6 is 0 Å². The Bertz CT molecular complexity index is 3630.